The second kappa shape index (κ2) is 2.65. The summed E-state index contributed by atoms with van der Waals surface area (Å²) in [7, 11) is 0. The first kappa shape index (κ1) is 8.18. The molecule has 0 aliphatic heterocycles. The van der Waals surface area contributed by atoms with Gasteiger partial charge in [0.25, 0.3) is 0 Å². The second-order valence-electron chi connectivity index (χ2n) is 2.19. The Hall–Kier alpha value is 0.180. The van der Waals surface area contributed by atoms with Crippen molar-refractivity contribution in [2.75, 3.05) is 5.33 Å². The molecule has 0 aliphatic rings. The van der Waals surface area contributed by atoms with Crippen LogP contribution in [0.3, 0.4) is 0 Å². The van der Waals surface area contributed by atoms with E-state index < -0.39 is 5.60 Å². The van der Waals surface area contributed by atoms with E-state index in [2.05, 4.69) is 22.5 Å². The van der Waals surface area contributed by atoms with Crippen LogP contribution in [0.2, 0.25) is 0 Å². The first-order valence-electron chi connectivity index (χ1n) is 2.45. The lowest BCUT2D eigenvalue weighted by Crippen LogP contribution is -2.26. The van der Waals surface area contributed by atoms with Crippen molar-refractivity contribution in [1.29, 1.82) is 0 Å². The molecule has 1 N–H and O–H groups in total. The second-order valence-corrected chi connectivity index (χ2v) is 2.75. The molecule has 0 spiro atoms. The quantitative estimate of drug-likeness (QED) is 0.505. The maximum Gasteiger partial charge on any atom is 0.0919 e. The summed E-state index contributed by atoms with van der Waals surface area (Å²) in [5.74, 6) is 0. The van der Waals surface area contributed by atoms with Crippen LogP contribution in [0, 0.1) is 0 Å². The molecule has 0 heterocycles. The Balaban J connectivity index is 3.91. The Morgan fingerprint density at radius 1 is 1.88 bits per heavy atom. The summed E-state index contributed by atoms with van der Waals surface area (Å²) in [6.45, 7) is 7.15. The molecule has 0 radical (unpaired) electrons. The van der Waals surface area contributed by atoms with Crippen LogP contribution >= 0.6 is 15.9 Å². The van der Waals surface area contributed by atoms with Gasteiger partial charge in [0.1, 0.15) is 0 Å². The molecular weight excluding hydrogens is 168 g/mol. The van der Waals surface area contributed by atoms with Crippen LogP contribution in [0.4, 0.5) is 0 Å². The van der Waals surface area contributed by atoms with E-state index in [0.29, 0.717) is 5.33 Å². The lowest BCUT2D eigenvalue weighted by molar-refractivity contribution is 0.127. The third kappa shape index (κ3) is 1.97. The molecule has 1 nitrogen and oxygen atoms in total. The van der Waals surface area contributed by atoms with Crippen LogP contribution in [0.15, 0.2) is 12.2 Å². The van der Waals surface area contributed by atoms with Crippen LogP contribution in [-0.4, -0.2) is 16.0 Å². The van der Waals surface area contributed by atoms with Crippen molar-refractivity contribution in [3.63, 3.8) is 0 Å². The Labute approximate surface area is 58.5 Å². The molecule has 0 aromatic heterocycles. The molecule has 0 aromatic rings. The molecule has 0 aliphatic carbocycles. The molecule has 0 fully saturated rings. The first-order valence-corrected chi connectivity index (χ1v) is 3.57. The minimum Gasteiger partial charge on any atom is -0.385 e. The molecule has 1 atom stereocenters. The number of alkyl halides is 1. The van der Waals surface area contributed by atoms with Crippen LogP contribution in [-0.2, 0) is 0 Å². The highest BCUT2D eigenvalue weighted by Crippen LogP contribution is 2.15. The van der Waals surface area contributed by atoms with Gasteiger partial charge in [0, 0.05) is 5.33 Å². The van der Waals surface area contributed by atoms with E-state index in [1.165, 1.54) is 0 Å². The van der Waals surface area contributed by atoms with Gasteiger partial charge in [-0.05, 0) is 19.4 Å². The normalized spacial score (nSPS) is 17.5. The lowest BCUT2D eigenvalue weighted by Gasteiger charge is -2.19. The molecule has 0 saturated heterocycles. The molecule has 1 unspecified atom stereocenters. The number of hydrogen-bond donors (Lipinski definition) is 1. The lowest BCUT2D eigenvalue weighted by atomic mass is 10.0. The fourth-order valence-corrected chi connectivity index (χ4v) is 0.593. The van der Waals surface area contributed by atoms with Gasteiger partial charge in [-0.25, -0.2) is 0 Å². The summed E-state index contributed by atoms with van der Waals surface area (Å²) in [5, 5.41) is 9.80. The highest BCUT2D eigenvalue weighted by atomic mass is 79.9. The summed E-state index contributed by atoms with van der Waals surface area (Å²) in [5.41, 5.74) is 0.0503. The van der Waals surface area contributed by atoms with Crippen molar-refractivity contribution in [3.8, 4) is 0 Å². The fourth-order valence-electron chi connectivity index (χ4n) is 0.114. The van der Waals surface area contributed by atoms with E-state index in [9.17, 15) is 5.11 Å². The minimum absolute atomic E-state index is 0.551. The van der Waals surface area contributed by atoms with E-state index in [0.717, 1.165) is 5.57 Å². The summed E-state index contributed by atoms with van der Waals surface area (Å²) in [6.07, 6.45) is 0. The van der Waals surface area contributed by atoms with Gasteiger partial charge in [0.2, 0.25) is 0 Å². The van der Waals surface area contributed by atoms with Crippen molar-refractivity contribution in [3.05, 3.63) is 12.2 Å². The Morgan fingerprint density at radius 2 is 2.25 bits per heavy atom. The first-order chi connectivity index (χ1) is 3.50. The van der Waals surface area contributed by atoms with Crippen molar-refractivity contribution >= 4 is 15.9 Å². The fraction of sp³-hybridized carbons (Fsp3) is 0.667. The summed E-state index contributed by atoms with van der Waals surface area (Å²) in [6, 6.07) is 0. The van der Waals surface area contributed by atoms with Gasteiger partial charge in [0.15, 0.2) is 0 Å². The number of aliphatic hydroxyl groups is 1. The highest BCUT2D eigenvalue weighted by Gasteiger charge is 2.18. The highest BCUT2D eigenvalue weighted by molar-refractivity contribution is 9.09. The Bertz CT molecular complexity index is 96.7. The van der Waals surface area contributed by atoms with Crippen molar-refractivity contribution in [2.24, 2.45) is 0 Å². The van der Waals surface area contributed by atoms with Gasteiger partial charge < -0.3 is 5.11 Å². The summed E-state index contributed by atoms with van der Waals surface area (Å²) >= 11 is 3.16. The summed E-state index contributed by atoms with van der Waals surface area (Å²) < 4.78 is 0. The van der Waals surface area contributed by atoms with Gasteiger partial charge >= 0.3 is 0 Å². The molecule has 2 heteroatoms. The van der Waals surface area contributed by atoms with E-state index in [-0.39, 0.29) is 0 Å². The van der Waals surface area contributed by atoms with Crippen LogP contribution in [0.5, 0.6) is 0 Å². The van der Waals surface area contributed by atoms with E-state index in [1.54, 1.807) is 13.8 Å². The van der Waals surface area contributed by atoms with Gasteiger partial charge in [0.05, 0.1) is 5.60 Å². The third-order valence-corrected chi connectivity index (χ3v) is 2.27. The van der Waals surface area contributed by atoms with Gasteiger partial charge in [-0.1, -0.05) is 22.5 Å². The number of rotatable bonds is 2. The van der Waals surface area contributed by atoms with Gasteiger partial charge in [-0.3, -0.25) is 0 Å². The van der Waals surface area contributed by atoms with Gasteiger partial charge in [-0.15, -0.1) is 0 Å². The monoisotopic (exact) mass is 178 g/mol. The van der Waals surface area contributed by atoms with E-state index >= 15 is 0 Å². The Kier molecular flexibility index (Phi) is 2.71. The number of halogens is 1. The average Bonchev–Trinajstić information content (AvgIpc) is 1.67. The van der Waals surface area contributed by atoms with Gasteiger partial charge in [-0.2, -0.15) is 0 Å². The zero-order valence-electron chi connectivity index (χ0n) is 5.24. The third-order valence-electron chi connectivity index (χ3n) is 1.18. The molecule has 8 heavy (non-hydrogen) atoms. The van der Waals surface area contributed by atoms with Crippen LogP contribution < -0.4 is 0 Å². The molecule has 0 bridgehead atoms. The van der Waals surface area contributed by atoms with E-state index in [4.69, 9.17) is 0 Å². The van der Waals surface area contributed by atoms with Crippen molar-refractivity contribution in [2.45, 2.75) is 19.4 Å². The molecular formula is C6H11BrO. The smallest absolute Gasteiger partial charge is 0.0919 e. The zero-order valence-corrected chi connectivity index (χ0v) is 6.83. The molecule has 48 valence electrons. The van der Waals surface area contributed by atoms with Crippen molar-refractivity contribution < 1.29 is 5.11 Å². The zero-order chi connectivity index (χ0) is 6.78. The predicted octanol–water partition coefficient (Wildman–Crippen LogP) is 1.71. The predicted molar refractivity (Wildman–Crippen MR) is 39.2 cm³/mol. The molecule has 0 aromatic carbocycles. The Morgan fingerprint density at radius 3 is 2.25 bits per heavy atom. The minimum atomic E-state index is -0.736. The molecule has 0 amide bonds. The maximum absolute atomic E-state index is 9.25. The SMILES string of the molecule is C=C(C)C(C)(O)CBr. The molecule has 0 rings (SSSR count). The van der Waals surface area contributed by atoms with Crippen LogP contribution in [0.25, 0.3) is 0 Å². The number of hydrogen-bond acceptors (Lipinski definition) is 1. The average molecular weight is 179 g/mol. The van der Waals surface area contributed by atoms with Crippen molar-refractivity contribution in [1.82, 2.24) is 0 Å². The summed E-state index contributed by atoms with van der Waals surface area (Å²) in [4.78, 5) is 0. The maximum atomic E-state index is 9.25. The largest absolute Gasteiger partial charge is 0.385 e. The molecule has 0 saturated carbocycles. The standard InChI is InChI=1S/C6H11BrO/c1-5(2)6(3,8)4-7/h8H,1,4H2,2-3H3. The topological polar surface area (TPSA) is 20.2 Å². The van der Waals surface area contributed by atoms with E-state index in [1.807, 2.05) is 0 Å². The van der Waals surface area contributed by atoms with Crippen LogP contribution in [0.1, 0.15) is 13.8 Å².